The molecule has 0 amide bonds. The van der Waals surface area contributed by atoms with E-state index in [4.69, 9.17) is 21.1 Å². The summed E-state index contributed by atoms with van der Waals surface area (Å²) >= 11 is 5.56. The van der Waals surface area contributed by atoms with Crippen LogP contribution in [-0.2, 0) is 19.1 Å². The Morgan fingerprint density at radius 1 is 1.26 bits per heavy atom. The summed E-state index contributed by atoms with van der Waals surface area (Å²) in [7, 11) is 0. The molecule has 0 atom stereocenters. The van der Waals surface area contributed by atoms with E-state index in [0.717, 1.165) is 6.21 Å². The lowest BCUT2D eigenvalue weighted by Crippen LogP contribution is -2.46. The van der Waals surface area contributed by atoms with Crippen molar-refractivity contribution in [1.29, 1.82) is 0 Å². The molecule has 2 rings (SSSR count). The zero-order chi connectivity index (χ0) is 14.0. The molecule has 0 radical (unpaired) electrons. The standard InChI is InChI=1S/C11H10ClN3O4/c1-11(2)18-9(16)6(10(17)19-11)5-13-8-4-3-7(12)14-15-8/h3-6H,1-2H3. The lowest BCUT2D eigenvalue weighted by Gasteiger charge is -2.31. The number of aliphatic imine (C=N–C) groups is 1. The maximum Gasteiger partial charge on any atom is 0.329 e. The lowest BCUT2D eigenvalue weighted by molar-refractivity contribution is -0.235. The van der Waals surface area contributed by atoms with Gasteiger partial charge in [0.1, 0.15) is 0 Å². The number of hydrogen-bond donors (Lipinski definition) is 0. The van der Waals surface area contributed by atoms with E-state index in [1.54, 1.807) is 0 Å². The molecule has 100 valence electrons. The number of rotatable bonds is 2. The van der Waals surface area contributed by atoms with Crippen LogP contribution >= 0.6 is 11.6 Å². The molecule has 0 saturated carbocycles. The number of carbonyl (C=O) groups is 2. The van der Waals surface area contributed by atoms with Gasteiger partial charge >= 0.3 is 11.9 Å². The van der Waals surface area contributed by atoms with Crippen molar-refractivity contribution in [2.24, 2.45) is 10.9 Å². The van der Waals surface area contributed by atoms with E-state index < -0.39 is 23.6 Å². The SMILES string of the molecule is CC1(C)OC(=O)C(C=Nc2ccc(Cl)nn2)C(=O)O1. The molecular formula is C11H10ClN3O4. The molecule has 1 saturated heterocycles. The Balaban J connectivity index is 2.12. The molecule has 2 heterocycles. The number of aromatic nitrogens is 2. The van der Waals surface area contributed by atoms with Crippen molar-refractivity contribution < 1.29 is 19.1 Å². The Morgan fingerprint density at radius 2 is 1.89 bits per heavy atom. The molecule has 1 aromatic heterocycles. The maximum absolute atomic E-state index is 11.6. The molecule has 0 aromatic carbocycles. The highest BCUT2D eigenvalue weighted by molar-refractivity contribution is 6.29. The van der Waals surface area contributed by atoms with Crippen LogP contribution in [0.3, 0.4) is 0 Å². The molecule has 8 heteroatoms. The van der Waals surface area contributed by atoms with E-state index >= 15 is 0 Å². The summed E-state index contributed by atoms with van der Waals surface area (Å²) in [5.74, 6) is -3.67. The smallest absolute Gasteiger partial charge is 0.329 e. The lowest BCUT2D eigenvalue weighted by atomic mass is 10.1. The highest BCUT2D eigenvalue weighted by Crippen LogP contribution is 2.22. The largest absolute Gasteiger partial charge is 0.422 e. The summed E-state index contributed by atoms with van der Waals surface area (Å²) < 4.78 is 9.87. The minimum Gasteiger partial charge on any atom is -0.422 e. The van der Waals surface area contributed by atoms with Gasteiger partial charge in [-0.3, -0.25) is 9.59 Å². The molecule has 1 fully saturated rings. The molecule has 0 aliphatic carbocycles. The van der Waals surface area contributed by atoms with E-state index in [9.17, 15) is 9.59 Å². The number of ether oxygens (including phenoxy) is 2. The minimum atomic E-state index is -1.25. The quantitative estimate of drug-likeness (QED) is 0.461. The van der Waals surface area contributed by atoms with Crippen LogP contribution in [0, 0.1) is 5.92 Å². The molecule has 0 N–H and O–H groups in total. The first-order valence-electron chi connectivity index (χ1n) is 5.36. The normalized spacial score (nSPS) is 19.3. The van der Waals surface area contributed by atoms with Crippen molar-refractivity contribution in [3.8, 4) is 0 Å². The number of nitrogens with zero attached hydrogens (tertiary/aromatic N) is 3. The second kappa shape index (κ2) is 4.93. The number of esters is 2. The van der Waals surface area contributed by atoms with Crippen LogP contribution in [0.1, 0.15) is 13.8 Å². The highest BCUT2D eigenvalue weighted by Gasteiger charge is 2.42. The van der Waals surface area contributed by atoms with Gasteiger partial charge in [-0.15, -0.1) is 10.2 Å². The van der Waals surface area contributed by atoms with Crippen molar-refractivity contribution in [2.45, 2.75) is 19.6 Å². The number of hydrogen-bond acceptors (Lipinski definition) is 7. The highest BCUT2D eigenvalue weighted by atomic mass is 35.5. The van der Waals surface area contributed by atoms with E-state index in [0.29, 0.717) is 0 Å². The third kappa shape index (κ3) is 3.25. The Bertz CT molecular complexity index is 521. The fourth-order valence-corrected chi connectivity index (χ4v) is 1.48. The van der Waals surface area contributed by atoms with Crippen LogP contribution in [-0.4, -0.2) is 34.1 Å². The van der Waals surface area contributed by atoms with Gasteiger partial charge in [-0.2, -0.15) is 0 Å². The van der Waals surface area contributed by atoms with Gasteiger partial charge in [0.25, 0.3) is 5.79 Å². The Hall–Kier alpha value is -2.02. The van der Waals surface area contributed by atoms with Crippen LogP contribution in [0.4, 0.5) is 5.82 Å². The topological polar surface area (TPSA) is 90.7 Å². The van der Waals surface area contributed by atoms with Gasteiger partial charge in [0, 0.05) is 20.1 Å². The average Bonchev–Trinajstić information content (AvgIpc) is 2.29. The third-order valence-corrected chi connectivity index (χ3v) is 2.38. The van der Waals surface area contributed by atoms with Crippen molar-refractivity contribution in [3.63, 3.8) is 0 Å². The Kier molecular flexibility index (Phi) is 3.48. The second-order valence-corrected chi connectivity index (χ2v) is 4.60. The number of carbonyl (C=O) groups excluding carboxylic acids is 2. The zero-order valence-electron chi connectivity index (χ0n) is 10.2. The predicted octanol–water partition coefficient (Wildman–Crippen LogP) is 1.28. The number of cyclic esters (lactones) is 2. The molecule has 19 heavy (non-hydrogen) atoms. The zero-order valence-corrected chi connectivity index (χ0v) is 10.9. The van der Waals surface area contributed by atoms with E-state index in [-0.39, 0.29) is 11.0 Å². The van der Waals surface area contributed by atoms with Crippen LogP contribution in [0.2, 0.25) is 5.15 Å². The first kappa shape index (κ1) is 13.4. The fraction of sp³-hybridized carbons (Fsp3) is 0.364. The summed E-state index contributed by atoms with van der Waals surface area (Å²) in [6, 6.07) is 2.98. The van der Waals surface area contributed by atoms with Crippen molar-refractivity contribution in [1.82, 2.24) is 10.2 Å². The van der Waals surface area contributed by atoms with Crippen molar-refractivity contribution in [2.75, 3.05) is 0 Å². The maximum atomic E-state index is 11.6. The molecule has 1 aliphatic heterocycles. The van der Waals surface area contributed by atoms with Gasteiger partial charge in [0.15, 0.2) is 16.9 Å². The average molecular weight is 284 g/mol. The molecular weight excluding hydrogens is 274 g/mol. The van der Waals surface area contributed by atoms with E-state index in [1.807, 2.05) is 0 Å². The summed E-state index contributed by atoms with van der Waals surface area (Å²) in [6.45, 7) is 2.95. The summed E-state index contributed by atoms with van der Waals surface area (Å²) in [5, 5.41) is 7.45. The van der Waals surface area contributed by atoms with Gasteiger partial charge in [-0.05, 0) is 12.1 Å². The monoisotopic (exact) mass is 283 g/mol. The predicted molar refractivity (Wildman–Crippen MR) is 64.9 cm³/mol. The number of halogens is 1. The minimum absolute atomic E-state index is 0.217. The van der Waals surface area contributed by atoms with E-state index in [2.05, 4.69) is 15.2 Å². The molecule has 0 spiro atoms. The van der Waals surface area contributed by atoms with Crippen molar-refractivity contribution >= 4 is 35.6 Å². The van der Waals surface area contributed by atoms with Gasteiger partial charge in [0.05, 0.1) is 0 Å². The summed E-state index contributed by atoms with van der Waals surface area (Å²) in [5.41, 5.74) is 0. The van der Waals surface area contributed by atoms with Gasteiger partial charge in [0.2, 0.25) is 0 Å². The van der Waals surface area contributed by atoms with Gasteiger partial charge in [-0.25, -0.2) is 4.99 Å². The molecule has 1 aromatic rings. The van der Waals surface area contributed by atoms with E-state index in [1.165, 1.54) is 26.0 Å². The van der Waals surface area contributed by atoms with Crippen LogP contribution in [0.15, 0.2) is 17.1 Å². The molecule has 0 unspecified atom stereocenters. The first-order valence-corrected chi connectivity index (χ1v) is 5.74. The molecule has 0 bridgehead atoms. The Labute approximate surface area is 113 Å². The second-order valence-electron chi connectivity index (χ2n) is 4.21. The van der Waals surface area contributed by atoms with Crippen LogP contribution < -0.4 is 0 Å². The summed E-state index contributed by atoms with van der Waals surface area (Å²) in [4.78, 5) is 27.1. The molecule has 1 aliphatic rings. The van der Waals surface area contributed by atoms with Crippen LogP contribution in [0.5, 0.6) is 0 Å². The van der Waals surface area contributed by atoms with Crippen molar-refractivity contribution in [3.05, 3.63) is 17.3 Å². The van der Waals surface area contributed by atoms with Gasteiger partial charge < -0.3 is 9.47 Å². The summed E-state index contributed by atoms with van der Waals surface area (Å²) in [6.07, 6.45) is 1.11. The first-order chi connectivity index (χ1) is 8.87. The molecule has 7 nitrogen and oxygen atoms in total. The van der Waals surface area contributed by atoms with Gasteiger partial charge in [-0.1, -0.05) is 11.6 Å². The van der Waals surface area contributed by atoms with Crippen LogP contribution in [0.25, 0.3) is 0 Å². The fourth-order valence-electron chi connectivity index (χ4n) is 1.38. The Morgan fingerprint density at radius 3 is 2.42 bits per heavy atom. The third-order valence-electron chi connectivity index (χ3n) is 2.17.